The van der Waals surface area contributed by atoms with Crippen molar-refractivity contribution in [1.29, 1.82) is 0 Å². The number of benzene rings is 2. The van der Waals surface area contributed by atoms with Gasteiger partial charge in [0, 0.05) is 29.9 Å². The Morgan fingerprint density at radius 3 is 2.35 bits per heavy atom. The summed E-state index contributed by atoms with van der Waals surface area (Å²) in [5.74, 6) is -0.319. The third-order valence-electron chi connectivity index (χ3n) is 4.14. The van der Waals surface area contributed by atoms with Crippen molar-refractivity contribution in [2.45, 2.75) is 17.7 Å². The zero-order valence-corrected chi connectivity index (χ0v) is 15.6. The summed E-state index contributed by atoms with van der Waals surface area (Å²) in [5.41, 5.74) is 1.27. The molecule has 2 aromatic carbocycles. The standard InChI is InChI=1S/C19H19ClN2O3S/c20-18-6-2-1-5-15(18)7-12-19(23)21-16-8-10-17(11-9-16)26(24,25)22-13-3-4-14-22/h1-2,5-12H,3-4,13-14H2,(H,21,23). The van der Waals surface area contributed by atoms with Crippen LogP contribution in [0.5, 0.6) is 0 Å². The van der Waals surface area contributed by atoms with Gasteiger partial charge in [0.25, 0.3) is 0 Å². The number of rotatable bonds is 5. The van der Waals surface area contributed by atoms with Crippen LogP contribution in [0, 0.1) is 0 Å². The van der Waals surface area contributed by atoms with E-state index in [9.17, 15) is 13.2 Å². The van der Waals surface area contributed by atoms with E-state index in [1.165, 1.54) is 22.5 Å². The van der Waals surface area contributed by atoms with Crippen LogP contribution in [0.25, 0.3) is 6.08 Å². The van der Waals surface area contributed by atoms with Gasteiger partial charge in [-0.1, -0.05) is 29.8 Å². The molecule has 136 valence electrons. The topological polar surface area (TPSA) is 66.5 Å². The normalized spacial score (nSPS) is 15.4. The fraction of sp³-hybridized carbons (Fsp3) is 0.211. The zero-order valence-electron chi connectivity index (χ0n) is 14.1. The first kappa shape index (κ1) is 18.6. The molecule has 2 aromatic rings. The Hall–Kier alpha value is -2.15. The van der Waals surface area contributed by atoms with Crippen LogP contribution in [0.3, 0.4) is 0 Å². The van der Waals surface area contributed by atoms with Crippen molar-refractivity contribution >= 4 is 39.3 Å². The molecule has 5 nitrogen and oxygen atoms in total. The molecule has 1 N–H and O–H groups in total. The molecule has 0 bridgehead atoms. The summed E-state index contributed by atoms with van der Waals surface area (Å²) in [7, 11) is -3.44. The summed E-state index contributed by atoms with van der Waals surface area (Å²) >= 11 is 6.04. The summed E-state index contributed by atoms with van der Waals surface area (Å²) in [4.78, 5) is 12.3. The van der Waals surface area contributed by atoms with Gasteiger partial charge in [-0.25, -0.2) is 8.42 Å². The van der Waals surface area contributed by atoms with Crippen LogP contribution in [0.2, 0.25) is 5.02 Å². The SMILES string of the molecule is O=C(C=Cc1ccccc1Cl)Nc1ccc(S(=O)(=O)N2CCCC2)cc1. The maximum atomic E-state index is 12.5. The molecule has 0 unspecified atom stereocenters. The van der Waals surface area contributed by atoms with Crippen LogP contribution < -0.4 is 5.32 Å². The van der Waals surface area contributed by atoms with E-state index in [-0.39, 0.29) is 10.8 Å². The van der Waals surface area contributed by atoms with Crippen LogP contribution in [0.1, 0.15) is 18.4 Å². The Morgan fingerprint density at radius 2 is 1.69 bits per heavy atom. The van der Waals surface area contributed by atoms with E-state index in [2.05, 4.69) is 5.32 Å². The number of nitrogens with one attached hydrogen (secondary N) is 1. The van der Waals surface area contributed by atoms with Gasteiger partial charge in [-0.2, -0.15) is 4.31 Å². The Labute approximate surface area is 158 Å². The van der Waals surface area contributed by atoms with E-state index in [4.69, 9.17) is 11.6 Å². The molecule has 3 rings (SSSR count). The van der Waals surface area contributed by atoms with Gasteiger partial charge < -0.3 is 5.32 Å². The van der Waals surface area contributed by atoms with E-state index < -0.39 is 10.0 Å². The molecule has 1 aliphatic heterocycles. The summed E-state index contributed by atoms with van der Waals surface area (Å²) in [6.45, 7) is 1.13. The number of halogens is 1. The van der Waals surface area contributed by atoms with Gasteiger partial charge in [-0.3, -0.25) is 4.79 Å². The monoisotopic (exact) mass is 390 g/mol. The lowest BCUT2D eigenvalue weighted by molar-refractivity contribution is -0.111. The highest BCUT2D eigenvalue weighted by atomic mass is 35.5. The van der Waals surface area contributed by atoms with Crippen molar-refractivity contribution < 1.29 is 13.2 Å². The average molecular weight is 391 g/mol. The van der Waals surface area contributed by atoms with Gasteiger partial charge >= 0.3 is 0 Å². The highest BCUT2D eigenvalue weighted by Crippen LogP contribution is 2.22. The quantitative estimate of drug-likeness (QED) is 0.790. The Balaban J connectivity index is 1.65. The molecule has 1 heterocycles. The maximum Gasteiger partial charge on any atom is 0.248 e. The van der Waals surface area contributed by atoms with Crippen molar-refractivity contribution in [2.75, 3.05) is 18.4 Å². The highest BCUT2D eigenvalue weighted by Gasteiger charge is 2.26. The number of nitrogens with zero attached hydrogens (tertiary/aromatic N) is 1. The minimum atomic E-state index is -3.44. The van der Waals surface area contributed by atoms with Crippen LogP contribution >= 0.6 is 11.6 Å². The van der Waals surface area contributed by atoms with E-state index in [0.29, 0.717) is 23.8 Å². The van der Waals surface area contributed by atoms with Gasteiger partial charge in [0.2, 0.25) is 15.9 Å². The van der Waals surface area contributed by atoms with Crippen molar-refractivity contribution in [1.82, 2.24) is 4.31 Å². The van der Waals surface area contributed by atoms with Crippen molar-refractivity contribution in [3.63, 3.8) is 0 Å². The van der Waals surface area contributed by atoms with Gasteiger partial charge in [-0.05, 0) is 54.8 Å². The first-order valence-corrected chi connectivity index (χ1v) is 10.1. The van der Waals surface area contributed by atoms with E-state index in [1.54, 1.807) is 24.3 Å². The third kappa shape index (κ3) is 4.33. The van der Waals surface area contributed by atoms with Crippen LogP contribution in [0.15, 0.2) is 59.5 Å². The Morgan fingerprint density at radius 1 is 1.04 bits per heavy atom. The second kappa shape index (κ2) is 8.03. The van der Waals surface area contributed by atoms with Crippen LogP contribution in [0.4, 0.5) is 5.69 Å². The number of sulfonamides is 1. The summed E-state index contributed by atoms with van der Waals surface area (Å²) in [6, 6.07) is 13.4. The molecule has 0 aliphatic carbocycles. The van der Waals surface area contributed by atoms with Crippen molar-refractivity contribution in [3.05, 3.63) is 65.2 Å². The number of hydrogen-bond donors (Lipinski definition) is 1. The first-order valence-electron chi connectivity index (χ1n) is 8.30. The molecular weight excluding hydrogens is 372 g/mol. The van der Waals surface area contributed by atoms with Crippen molar-refractivity contribution in [3.8, 4) is 0 Å². The number of carbonyl (C=O) groups excluding carboxylic acids is 1. The second-order valence-corrected chi connectivity index (χ2v) is 8.32. The van der Waals surface area contributed by atoms with E-state index >= 15 is 0 Å². The molecule has 1 aliphatic rings. The average Bonchev–Trinajstić information content (AvgIpc) is 3.17. The minimum absolute atomic E-state index is 0.240. The molecular formula is C19H19ClN2O3S. The smallest absolute Gasteiger partial charge is 0.248 e. The van der Waals surface area contributed by atoms with Gasteiger partial charge in [-0.15, -0.1) is 0 Å². The Kier molecular flexibility index (Phi) is 5.76. The molecule has 0 radical (unpaired) electrons. The lowest BCUT2D eigenvalue weighted by Gasteiger charge is -2.15. The molecule has 0 aromatic heterocycles. The summed E-state index contributed by atoms with van der Waals surface area (Å²) in [6.07, 6.45) is 4.80. The van der Waals surface area contributed by atoms with Gasteiger partial charge in [0.1, 0.15) is 0 Å². The zero-order chi connectivity index (χ0) is 18.6. The molecule has 1 saturated heterocycles. The molecule has 0 spiro atoms. The van der Waals surface area contributed by atoms with Crippen LogP contribution in [-0.2, 0) is 14.8 Å². The molecule has 1 amide bonds. The minimum Gasteiger partial charge on any atom is -0.323 e. The van der Waals surface area contributed by atoms with Gasteiger partial charge in [0.05, 0.1) is 4.90 Å². The summed E-state index contributed by atoms with van der Waals surface area (Å²) in [5, 5.41) is 3.27. The van der Waals surface area contributed by atoms with Crippen molar-refractivity contribution in [2.24, 2.45) is 0 Å². The lowest BCUT2D eigenvalue weighted by atomic mass is 10.2. The molecule has 0 atom stereocenters. The fourth-order valence-electron chi connectivity index (χ4n) is 2.75. The largest absolute Gasteiger partial charge is 0.323 e. The van der Waals surface area contributed by atoms with Gasteiger partial charge in [0.15, 0.2) is 0 Å². The number of hydrogen-bond acceptors (Lipinski definition) is 3. The lowest BCUT2D eigenvalue weighted by Crippen LogP contribution is -2.27. The molecule has 0 saturated carbocycles. The summed E-state index contributed by atoms with van der Waals surface area (Å²) < 4.78 is 26.4. The number of carbonyl (C=O) groups is 1. The fourth-order valence-corrected chi connectivity index (χ4v) is 4.46. The molecule has 7 heteroatoms. The maximum absolute atomic E-state index is 12.5. The Bertz CT molecular complexity index is 918. The predicted octanol–water partition coefficient (Wildman–Crippen LogP) is 3.78. The second-order valence-electron chi connectivity index (χ2n) is 5.98. The highest BCUT2D eigenvalue weighted by molar-refractivity contribution is 7.89. The molecule has 26 heavy (non-hydrogen) atoms. The van der Waals surface area contributed by atoms with Crippen LogP contribution in [-0.4, -0.2) is 31.7 Å². The number of amides is 1. The predicted molar refractivity (Wildman–Crippen MR) is 104 cm³/mol. The molecule has 1 fully saturated rings. The third-order valence-corrected chi connectivity index (χ3v) is 6.40. The first-order chi connectivity index (χ1) is 12.5. The van der Waals surface area contributed by atoms with E-state index in [1.807, 2.05) is 18.2 Å². The van der Waals surface area contributed by atoms with E-state index in [0.717, 1.165) is 18.4 Å². The number of anilines is 1.